The molecule has 15 heavy (non-hydrogen) atoms. The summed E-state index contributed by atoms with van der Waals surface area (Å²) in [7, 11) is 1.41. The summed E-state index contributed by atoms with van der Waals surface area (Å²) in [5, 5.41) is 3.09. The molecule has 5 nitrogen and oxygen atoms in total. The quantitative estimate of drug-likeness (QED) is 0.645. The molecule has 0 unspecified atom stereocenters. The largest absolute Gasteiger partial charge is 0.453 e. The summed E-state index contributed by atoms with van der Waals surface area (Å²) >= 11 is 0. The fourth-order valence-corrected chi connectivity index (χ4v) is 1.08. The third-order valence-electron chi connectivity index (χ3n) is 1.82. The second-order valence-electron chi connectivity index (χ2n) is 2.91. The molecule has 0 fully saturated rings. The normalized spacial score (nSPS) is 12.3. The number of fused-ring (bicyclic) bond motifs is 1. The third-order valence-corrected chi connectivity index (χ3v) is 1.82. The topological polar surface area (TPSA) is 52.2 Å². The maximum atomic E-state index is 12.2. The Morgan fingerprint density at radius 2 is 2.07 bits per heavy atom. The molecule has 2 aromatic rings. The summed E-state index contributed by atoms with van der Waals surface area (Å²) < 4.78 is 38.4. The van der Waals surface area contributed by atoms with Gasteiger partial charge in [-0.3, -0.25) is 0 Å². The van der Waals surface area contributed by atoms with Gasteiger partial charge in [0.1, 0.15) is 0 Å². The van der Waals surface area contributed by atoms with Crippen LogP contribution >= 0.6 is 0 Å². The van der Waals surface area contributed by atoms with E-state index in [4.69, 9.17) is 0 Å². The second-order valence-corrected chi connectivity index (χ2v) is 2.91. The Hall–Kier alpha value is -1.86. The van der Waals surface area contributed by atoms with Crippen molar-refractivity contribution in [3.05, 3.63) is 28.6 Å². The average Bonchev–Trinajstić information content (AvgIpc) is 2.55. The number of hydrogen-bond donors (Lipinski definition) is 0. The van der Waals surface area contributed by atoms with Crippen LogP contribution in [0.1, 0.15) is 5.82 Å². The fourth-order valence-electron chi connectivity index (χ4n) is 1.08. The van der Waals surface area contributed by atoms with Crippen molar-refractivity contribution in [1.82, 2.24) is 19.2 Å². The Bertz CT molecular complexity index is 568. The Morgan fingerprint density at radius 1 is 1.40 bits per heavy atom. The zero-order valence-electron chi connectivity index (χ0n) is 7.49. The minimum Gasteiger partial charge on any atom is -0.302 e. The monoisotopic (exact) mass is 218 g/mol. The van der Waals surface area contributed by atoms with Gasteiger partial charge in [-0.25, -0.2) is 9.78 Å². The van der Waals surface area contributed by atoms with E-state index in [1.165, 1.54) is 19.3 Å². The predicted octanol–water partition coefficient (Wildman–Crippen LogP) is 0.447. The van der Waals surface area contributed by atoms with E-state index in [1.54, 1.807) is 0 Å². The van der Waals surface area contributed by atoms with E-state index in [0.717, 1.165) is 4.57 Å². The molecule has 0 amide bonds. The maximum Gasteiger partial charge on any atom is 0.453 e. The number of nitrogens with zero attached hydrogens (tertiary/aromatic N) is 4. The van der Waals surface area contributed by atoms with Crippen LogP contribution in [0.5, 0.6) is 0 Å². The summed E-state index contributed by atoms with van der Waals surface area (Å²) in [4.78, 5) is 14.5. The first-order valence-corrected chi connectivity index (χ1v) is 3.89. The van der Waals surface area contributed by atoms with Crippen LogP contribution in [0, 0.1) is 0 Å². The molecule has 8 heteroatoms. The summed E-state index contributed by atoms with van der Waals surface area (Å²) in [5.74, 6) is -1.31. The molecule has 0 saturated carbocycles. The van der Waals surface area contributed by atoms with E-state index in [2.05, 4.69) is 10.1 Å². The van der Waals surface area contributed by atoms with Crippen molar-refractivity contribution in [3.63, 3.8) is 0 Å². The van der Waals surface area contributed by atoms with Crippen molar-refractivity contribution < 1.29 is 13.2 Å². The van der Waals surface area contributed by atoms with Crippen molar-refractivity contribution in [3.8, 4) is 0 Å². The molecule has 2 aromatic heterocycles. The summed E-state index contributed by atoms with van der Waals surface area (Å²) in [6.45, 7) is 0. The molecule has 0 aromatic carbocycles. The van der Waals surface area contributed by atoms with Gasteiger partial charge in [0.05, 0.1) is 0 Å². The van der Waals surface area contributed by atoms with Crippen molar-refractivity contribution in [2.24, 2.45) is 7.05 Å². The lowest BCUT2D eigenvalue weighted by Gasteiger charge is -1.97. The van der Waals surface area contributed by atoms with Gasteiger partial charge >= 0.3 is 11.9 Å². The van der Waals surface area contributed by atoms with E-state index < -0.39 is 17.7 Å². The number of rotatable bonds is 0. The van der Waals surface area contributed by atoms with E-state index in [-0.39, 0.29) is 5.65 Å². The Labute approximate surface area is 80.8 Å². The van der Waals surface area contributed by atoms with Crippen LogP contribution in [0.25, 0.3) is 5.65 Å². The third kappa shape index (κ3) is 1.47. The first kappa shape index (κ1) is 9.69. The van der Waals surface area contributed by atoms with Gasteiger partial charge in [0, 0.05) is 13.2 Å². The Morgan fingerprint density at radius 3 is 2.67 bits per heavy atom. The lowest BCUT2D eigenvalue weighted by atomic mass is 10.6. The molecule has 0 aliphatic rings. The van der Waals surface area contributed by atoms with Gasteiger partial charge in [0.25, 0.3) is 5.82 Å². The first-order valence-electron chi connectivity index (χ1n) is 3.89. The highest BCUT2D eigenvalue weighted by atomic mass is 19.4. The minimum absolute atomic E-state index is 0.120. The molecule has 0 aliphatic carbocycles. The van der Waals surface area contributed by atoms with Crippen LogP contribution in [0.15, 0.2) is 17.1 Å². The number of aromatic nitrogens is 4. The average molecular weight is 218 g/mol. The maximum absolute atomic E-state index is 12.2. The second kappa shape index (κ2) is 2.81. The SMILES string of the molecule is Cn1ccc2nc(C(F)(F)F)nn2c1=O. The molecule has 0 spiro atoms. The highest BCUT2D eigenvalue weighted by Crippen LogP contribution is 2.25. The number of alkyl halides is 3. The van der Waals surface area contributed by atoms with Crippen molar-refractivity contribution >= 4 is 5.65 Å². The summed E-state index contributed by atoms with van der Waals surface area (Å²) in [6, 6.07) is 1.28. The van der Waals surface area contributed by atoms with Gasteiger partial charge < -0.3 is 4.57 Å². The molecular weight excluding hydrogens is 213 g/mol. The molecule has 0 atom stereocenters. The van der Waals surface area contributed by atoms with Crippen LogP contribution in [0.4, 0.5) is 13.2 Å². The standard InChI is InChI=1S/C7H5F3N4O/c1-13-3-2-4-11-5(7(8,9)10)12-14(4)6(13)15/h2-3H,1H3. The molecule has 80 valence electrons. The number of hydrogen-bond acceptors (Lipinski definition) is 3. The molecular formula is C7H5F3N4O. The zero-order valence-corrected chi connectivity index (χ0v) is 7.49. The molecule has 0 N–H and O–H groups in total. The molecule has 2 heterocycles. The van der Waals surface area contributed by atoms with Gasteiger partial charge in [0.15, 0.2) is 5.65 Å². The van der Waals surface area contributed by atoms with Crippen molar-refractivity contribution in [2.45, 2.75) is 6.18 Å². The molecule has 0 radical (unpaired) electrons. The molecule has 0 saturated heterocycles. The van der Waals surface area contributed by atoms with Crippen LogP contribution in [0.3, 0.4) is 0 Å². The van der Waals surface area contributed by atoms with Gasteiger partial charge in [-0.15, -0.1) is 5.10 Å². The van der Waals surface area contributed by atoms with E-state index in [1.807, 2.05) is 0 Å². The van der Waals surface area contributed by atoms with Crippen molar-refractivity contribution in [1.29, 1.82) is 0 Å². The lowest BCUT2D eigenvalue weighted by Crippen LogP contribution is -2.24. The Kier molecular flexibility index (Phi) is 1.82. The lowest BCUT2D eigenvalue weighted by molar-refractivity contribution is -0.144. The fraction of sp³-hybridized carbons (Fsp3) is 0.286. The van der Waals surface area contributed by atoms with Gasteiger partial charge in [-0.1, -0.05) is 0 Å². The van der Waals surface area contributed by atoms with Crippen LogP contribution in [-0.4, -0.2) is 19.2 Å². The van der Waals surface area contributed by atoms with Crippen LogP contribution in [-0.2, 0) is 13.2 Å². The number of aryl methyl sites for hydroxylation is 1. The smallest absolute Gasteiger partial charge is 0.302 e. The summed E-state index contributed by atoms with van der Waals surface area (Å²) in [5.41, 5.74) is -0.791. The molecule has 0 aliphatic heterocycles. The highest BCUT2D eigenvalue weighted by molar-refractivity contribution is 5.35. The Balaban J connectivity index is 2.78. The first-order chi connectivity index (χ1) is 6.89. The van der Waals surface area contributed by atoms with E-state index in [9.17, 15) is 18.0 Å². The van der Waals surface area contributed by atoms with Crippen molar-refractivity contribution in [2.75, 3.05) is 0 Å². The van der Waals surface area contributed by atoms with E-state index >= 15 is 0 Å². The minimum atomic E-state index is -4.64. The highest BCUT2D eigenvalue weighted by Gasteiger charge is 2.36. The van der Waals surface area contributed by atoms with E-state index in [0.29, 0.717) is 4.52 Å². The van der Waals surface area contributed by atoms with Crippen LogP contribution < -0.4 is 5.69 Å². The summed E-state index contributed by atoms with van der Waals surface area (Å²) in [6.07, 6.45) is -3.32. The van der Waals surface area contributed by atoms with Gasteiger partial charge in [0.2, 0.25) is 0 Å². The van der Waals surface area contributed by atoms with Gasteiger partial charge in [-0.2, -0.15) is 17.7 Å². The molecule has 0 bridgehead atoms. The van der Waals surface area contributed by atoms with Crippen LogP contribution in [0.2, 0.25) is 0 Å². The predicted molar refractivity (Wildman–Crippen MR) is 43.2 cm³/mol. The van der Waals surface area contributed by atoms with Gasteiger partial charge in [-0.05, 0) is 6.07 Å². The zero-order chi connectivity index (χ0) is 11.2. The molecule has 2 rings (SSSR count). The number of halogens is 3.